The van der Waals surface area contributed by atoms with Crippen LogP contribution >= 0.6 is 15.9 Å². The van der Waals surface area contributed by atoms with Crippen molar-refractivity contribution in [3.63, 3.8) is 0 Å². The van der Waals surface area contributed by atoms with E-state index < -0.39 is 23.3 Å². The van der Waals surface area contributed by atoms with Crippen molar-refractivity contribution >= 4 is 33.5 Å². The number of rotatable bonds is 8. The van der Waals surface area contributed by atoms with E-state index in [2.05, 4.69) is 69.9 Å². The van der Waals surface area contributed by atoms with Crippen LogP contribution in [-0.4, -0.2) is 77.0 Å². The largest absolute Gasteiger partial charge is 1.00 e. The molecular weight excluding hydrogens is 1080 g/mol. The fourth-order valence-electron chi connectivity index (χ4n) is 18.6. The van der Waals surface area contributed by atoms with Gasteiger partial charge >= 0.3 is 109 Å². The summed E-state index contributed by atoms with van der Waals surface area (Å²) >= 11 is 3.46. The number of aliphatic hydroxyl groups is 2. The zero-order chi connectivity index (χ0) is 53.2. The molecule has 0 radical (unpaired) electrons. The minimum Gasteiger partial charge on any atom is -1.00 e. The average Bonchev–Trinajstić information content (AvgIpc) is 4.26. The molecule has 1 saturated heterocycles. The van der Waals surface area contributed by atoms with Crippen LogP contribution < -0.4 is 108 Å². The normalized spacial score (nSPS) is 41.2. The number of H-pyrrole nitrogens is 1. The molecule has 3 N–H and O–H groups in total. The van der Waals surface area contributed by atoms with E-state index in [4.69, 9.17) is 15.3 Å². The Morgan fingerprint density at radius 3 is 1.71 bits per heavy atom. The van der Waals surface area contributed by atoms with Gasteiger partial charge in [-0.3, -0.25) is 19.4 Å². The van der Waals surface area contributed by atoms with Crippen molar-refractivity contribution < 1.29 is 144 Å². The van der Waals surface area contributed by atoms with Gasteiger partial charge in [0, 0.05) is 24.6 Å². The minimum absolute atomic E-state index is 0. The number of nitrogens with one attached hydrogen (secondary N) is 1. The predicted octanol–water partition coefficient (Wildman–Crippen LogP) is 3.97. The molecule has 17 heteroatoms. The smallest absolute Gasteiger partial charge is 1.00 e. The first-order chi connectivity index (χ1) is 35.3. The van der Waals surface area contributed by atoms with Gasteiger partial charge in [-0.25, -0.2) is 4.79 Å². The van der Waals surface area contributed by atoms with E-state index in [0.717, 1.165) is 111 Å². The van der Waals surface area contributed by atoms with Crippen LogP contribution in [0.15, 0.2) is 24.5 Å². The maximum atomic E-state index is 13.5. The van der Waals surface area contributed by atoms with Crippen LogP contribution in [0, 0.1) is 116 Å². The van der Waals surface area contributed by atoms with Crippen LogP contribution in [0.3, 0.4) is 0 Å². The number of alkyl halides is 1. The molecule has 410 valence electrons. The summed E-state index contributed by atoms with van der Waals surface area (Å²) in [6.45, 7) is 14.5. The molecule has 19 atom stereocenters. The fourth-order valence-corrected chi connectivity index (χ4v) is 19.0. The van der Waals surface area contributed by atoms with Crippen molar-refractivity contribution in [2.24, 2.45) is 93.7 Å². The zero-order valence-electron chi connectivity index (χ0n) is 48.2. The molecule has 0 bridgehead atoms. The second kappa shape index (κ2) is 27.9. The Hall–Kier alpha value is -0.197. The van der Waals surface area contributed by atoms with Gasteiger partial charge in [0.15, 0.2) is 17.6 Å². The van der Waals surface area contributed by atoms with Gasteiger partial charge in [0.2, 0.25) is 0 Å². The number of nitriles is 2. The molecule has 8 saturated carbocycles. The van der Waals surface area contributed by atoms with Crippen LogP contribution in [0.25, 0.3) is 0 Å². The summed E-state index contributed by atoms with van der Waals surface area (Å²) in [5.74, 6) is 9.39. The first kappa shape index (κ1) is 65.0. The number of ether oxygens (including phenoxy) is 1. The number of carbonyl (C=O) groups is 3. The maximum absolute atomic E-state index is 13.5. The van der Waals surface area contributed by atoms with Crippen LogP contribution in [0.1, 0.15) is 183 Å². The summed E-state index contributed by atoms with van der Waals surface area (Å²) in [7, 11) is 0. The number of hydrogen-bond acceptors (Lipinski definition) is 12. The van der Waals surface area contributed by atoms with Gasteiger partial charge in [-0.05, 0) is 223 Å². The van der Waals surface area contributed by atoms with E-state index in [1.54, 1.807) is 29.2 Å². The maximum Gasteiger partial charge on any atom is 1.00 e. The summed E-state index contributed by atoms with van der Waals surface area (Å²) in [6.07, 6.45) is 25.2. The number of hydrogen-bond donors (Lipinski definition) is 3. The Morgan fingerprint density at radius 1 is 0.776 bits per heavy atom. The van der Waals surface area contributed by atoms with Gasteiger partial charge in [-0.1, -0.05) is 56.5 Å². The third-order valence-electron chi connectivity index (χ3n) is 21.7. The average molecular weight is 1170 g/mol. The van der Waals surface area contributed by atoms with Crippen LogP contribution in [0.5, 0.6) is 0 Å². The number of aromatic amines is 1. The molecule has 9 fully saturated rings. The van der Waals surface area contributed by atoms with Crippen molar-refractivity contribution in [2.45, 2.75) is 194 Å². The Bertz CT molecular complexity index is 2340. The van der Waals surface area contributed by atoms with Gasteiger partial charge in [-0.2, -0.15) is 20.7 Å². The van der Waals surface area contributed by atoms with Crippen molar-refractivity contribution in [3.8, 4) is 12.1 Å². The number of carbonyl (C=O) groups excluding carboxylic acids is 3. The van der Waals surface area contributed by atoms with Gasteiger partial charge in [-0.15, -0.1) is 0 Å². The van der Waals surface area contributed by atoms with Crippen molar-refractivity contribution in [1.29, 1.82) is 10.5 Å². The second-order valence-electron chi connectivity index (χ2n) is 25.8. The summed E-state index contributed by atoms with van der Waals surface area (Å²) in [5, 5.41) is 58.7. The first-order valence-corrected chi connectivity index (χ1v) is 29.8. The van der Waals surface area contributed by atoms with E-state index >= 15 is 0 Å². The molecule has 11 rings (SSSR count). The number of ketones is 2. The van der Waals surface area contributed by atoms with Crippen molar-refractivity contribution in [3.05, 3.63) is 35.9 Å². The van der Waals surface area contributed by atoms with Crippen LogP contribution in [0.4, 0.5) is 0 Å². The van der Waals surface area contributed by atoms with Gasteiger partial charge in [0.1, 0.15) is 23.6 Å². The van der Waals surface area contributed by atoms with Crippen LogP contribution in [-0.2, 0) is 30.6 Å². The third kappa shape index (κ3) is 14.1. The minimum atomic E-state index is -0.799. The van der Waals surface area contributed by atoms with E-state index in [9.17, 15) is 29.9 Å². The molecule has 3 heterocycles. The number of Topliss-reactive ketones (excluding diaryl/α,β-unsaturated/α-hetero) is 2. The first-order valence-electron chi connectivity index (χ1n) is 28.7. The molecule has 0 spiro atoms. The van der Waals surface area contributed by atoms with Crippen molar-refractivity contribution in [1.82, 2.24) is 20.0 Å². The molecule has 76 heavy (non-hydrogen) atoms. The molecule has 8 aliphatic carbocycles. The monoisotopic (exact) mass is 1160 g/mol. The molecule has 9 aliphatic rings. The Balaban J connectivity index is 0.000000216. The number of aromatic nitrogens is 4. The molecule has 0 amide bonds. The quantitative estimate of drug-likeness (QED) is 0.148. The standard InChI is InChI=1S/C27H39N3O2.C23H37BrO2.C5H8O4.C4H3N3.2K.H/c1-4-17-13-23(24(31)16-30-12-9-19(15-28)29-30)27(3)11-8-21-20-7-10-26(2,32)14-18(20)5-6-22(21)25(17)27;1-4-14-11-19(20(25)13-24)23(3)10-8-17-16-7-9-22(2,26)12-15(16)5-6-18(17)21(14)23;6-5(9-7)4-2-1-3-8-4;5-3-4-1-2-6-7-4;;;/h9,12,17-18,20-23,25,32H,4-8,10-11,13-14,16H2,1-3H3;14-19,21,26H,4-13H2,1-3H3;4,7H,1-3H2;1-2H,(H,6,7);;;/q;;;;2*+1;-1/p-1/t17-,18-,20+,21-,22-,23-,25+,26-,27-;14-,15-,16+,17-,18-,19-,21+,22-,23-;;;;;/m11...../s1. The zero-order valence-corrected chi connectivity index (χ0v) is 55.0. The fraction of sp³-hybridized carbons (Fsp3) is 0.814. The Kier molecular flexibility index (Phi) is 23.9. The SMILES string of the molecule is CC[C@@H]1C[C@H](C(=O)CBr)[C@@]2(C)CC[C@H]3[C@@H](CC[C@@H]4C[C@](C)(O)CC[C@@H]43)[C@H]12.CC[C@@H]1C[C@H](C(=O)Cn2ccc(C#N)n2)[C@@]2(C)CC[C@H]3[C@@H](CC[C@@H]4C[C@](C)(O)CC[C@@H]43)[C@H]12.N#Cc1ccn[nH]1.O=C(O[O-])C1CCCO1.[H-].[K+].[K+]. The molecule has 2 aromatic rings. The molecule has 2 aromatic heterocycles. The number of nitrogens with zero attached hydrogens (tertiary/aromatic N) is 5. The van der Waals surface area contributed by atoms with E-state index in [-0.39, 0.29) is 127 Å². The Labute approximate surface area is 548 Å². The number of halogens is 1. The third-order valence-corrected chi connectivity index (χ3v) is 22.2. The molecular formula is C59H87BrK2N6O8. The summed E-state index contributed by atoms with van der Waals surface area (Å²) < 4.78 is 6.49. The molecule has 0 aromatic carbocycles. The molecule has 1 aliphatic heterocycles. The van der Waals surface area contributed by atoms with E-state index in [0.29, 0.717) is 65.6 Å². The van der Waals surface area contributed by atoms with Gasteiger partial charge in [0.05, 0.1) is 29.3 Å². The van der Waals surface area contributed by atoms with E-state index in [1.165, 1.54) is 64.2 Å². The second-order valence-corrected chi connectivity index (χ2v) is 26.3. The summed E-state index contributed by atoms with van der Waals surface area (Å²) in [6, 6.07) is 7.25. The predicted molar refractivity (Wildman–Crippen MR) is 281 cm³/mol. The van der Waals surface area contributed by atoms with Crippen molar-refractivity contribution in [2.75, 3.05) is 11.9 Å². The van der Waals surface area contributed by atoms with Gasteiger partial charge < -0.3 is 26.5 Å². The van der Waals surface area contributed by atoms with Gasteiger partial charge in [0.25, 0.3) is 0 Å². The Morgan fingerprint density at radius 2 is 1.30 bits per heavy atom. The molecule has 1 unspecified atom stereocenters. The summed E-state index contributed by atoms with van der Waals surface area (Å²) in [4.78, 5) is 39.8. The summed E-state index contributed by atoms with van der Waals surface area (Å²) in [5.41, 5.74) is 0.315. The topological polar surface area (TPSA) is 227 Å². The van der Waals surface area contributed by atoms with E-state index in [1.807, 2.05) is 19.9 Å². The number of fused-ring (bicyclic) bond motifs is 10. The van der Waals surface area contributed by atoms with Crippen LogP contribution in [0.2, 0.25) is 0 Å². The molecule has 14 nitrogen and oxygen atoms in total.